The van der Waals surface area contributed by atoms with Gasteiger partial charge in [-0.3, -0.25) is 0 Å². The molecular formula is C18H23N3O2. The van der Waals surface area contributed by atoms with Crippen LogP contribution in [0.1, 0.15) is 43.6 Å². The summed E-state index contributed by atoms with van der Waals surface area (Å²) in [6.45, 7) is 2.66. The van der Waals surface area contributed by atoms with Crippen molar-refractivity contribution in [3.8, 4) is 6.01 Å². The lowest BCUT2D eigenvalue weighted by atomic mass is 10.1. The summed E-state index contributed by atoms with van der Waals surface area (Å²) < 4.78 is 10.9. The van der Waals surface area contributed by atoms with Gasteiger partial charge in [0, 0.05) is 12.5 Å². The van der Waals surface area contributed by atoms with Gasteiger partial charge in [-0.1, -0.05) is 36.6 Å². The quantitative estimate of drug-likeness (QED) is 0.593. The minimum absolute atomic E-state index is 0.617. The van der Waals surface area contributed by atoms with Gasteiger partial charge in [0.05, 0.1) is 23.3 Å². The Hall–Kier alpha value is -2.30. The van der Waals surface area contributed by atoms with Gasteiger partial charge in [0.2, 0.25) is 0 Å². The van der Waals surface area contributed by atoms with Crippen LogP contribution in [-0.2, 0) is 6.42 Å². The highest BCUT2D eigenvalue weighted by molar-refractivity contribution is 5.75. The number of hydrogen-bond acceptors (Lipinski definition) is 4. The van der Waals surface area contributed by atoms with Crippen LogP contribution in [0.2, 0.25) is 0 Å². The molecule has 0 atom stereocenters. The number of unbranched alkanes of at least 4 members (excludes halogenated alkanes) is 4. The number of aromatic amines is 1. The monoisotopic (exact) mass is 313 g/mol. The molecule has 0 unspecified atom stereocenters. The zero-order valence-corrected chi connectivity index (χ0v) is 13.5. The average molecular weight is 313 g/mol. The minimum atomic E-state index is 0.617. The van der Waals surface area contributed by atoms with E-state index in [0.29, 0.717) is 12.6 Å². The first kappa shape index (κ1) is 15.6. The predicted octanol–water partition coefficient (Wildman–Crippen LogP) is 4.43. The zero-order chi connectivity index (χ0) is 15.9. The third-order valence-electron chi connectivity index (χ3n) is 3.85. The van der Waals surface area contributed by atoms with Crippen molar-refractivity contribution in [1.29, 1.82) is 0 Å². The van der Waals surface area contributed by atoms with Crippen LogP contribution in [0.3, 0.4) is 0 Å². The number of fused-ring (bicyclic) bond motifs is 1. The number of H-pyrrole nitrogens is 1. The van der Waals surface area contributed by atoms with E-state index in [4.69, 9.17) is 9.26 Å². The molecule has 2 aromatic heterocycles. The van der Waals surface area contributed by atoms with E-state index in [1.165, 1.54) is 19.3 Å². The van der Waals surface area contributed by atoms with Crippen LogP contribution in [-0.4, -0.2) is 21.7 Å². The number of aryl methyl sites for hydroxylation is 2. The van der Waals surface area contributed by atoms with Crippen molar-refractivity contribution in [2.45, 2.75) is 45.4 Å². The van der Waals surface area contributed by atoms with E-state index in [2.05, 4.69) is 15.1 Å². The van der Waals surface area contributed by atoms with E-state index in [0.717, 1.165) is 41.8 Å². The van der Waals surface area contributed by atoms with Crippen molar-refractivity contribution < 1.29 is 9.26 Å². The topological polar surface area (TPSA) is 63.9 Å². The van der Waals surface area contributed by atoms with Gasteiger partial charge in [-0.05, 0) is 31.9 Å². The minimum Gasteiger partial charge on any atom is -0.465 e. The van der Waals surface area contributed by atoms with Gasteiger partial charge in [0.15, 0.2) is 0 Å². The Balaban J connectivity index is 1.25. The molecule has 3 rings (SSSR count). The molecule has 0 saturated carbocycles. The maximum atomic E-state index is 5.68. The first-order valence-electron chi connectivity index (χ1n) is 8.31. The normalized spacial score (nSPS) is 11.2. The summed E-state index contributed by atoms with van der Waals surface area (Å²) in [7, 11) is 0. The standard InChI is InChI=1S/C18H23N3O2/c1-14-13-15(23-21-14)9-5-3-2-4-8-12-22-18-19-16-10-6-7-11-17(16)20-18/h6-7,10-11,13H,2-5,8-9,12H2,1H3,(H,19,20). The molecule has 0 fully saturated rings. The second kappa shape index (κ2) is 7.81. The first-order valence-corrected chi connectivity index (χ1v) is 8.31. The van der Waals surface area contributed by atoms with E-state index in [9.17, 15) is 0 Å². The van der Waals surface area contributed by atoms with E-state index in [1.54, 1.807) is 0 Å². The summed E-state index contributed by atoms with van der Waals surface area (Å²) >= 11 is 0. The molecule has 0 amide bonds. The summed E-state index contributed by atoms with van der Waals surface area (Å²) in [4.78, 5) is 7.58. The number of rotatable bonds is 9. The highest BCUT2D eigenvalue weighted by Crippen LogP contribution is 2.15. The Labute approximate surface area is 136 Å². The Morgan fingerprint density at radius 1 is 1.09 bits per heavy atom. The van der Waals surface area contributed by atoms with Crippen molar-refractivity contribution in [2.24, 2.45) is 0 Å². The van der Waals surface area contributed by atoms with Gasteiger partial charge in [-0.2, -0.15) is 4.98 Å². The summed E-state index contributed by atoms with van der Waals surface area (Å²) in [6, 6.07) is 10.6. The summed E-state index contributed by atoms with van der Waals surface area (Å²) in [5, 5.41) is 3.90. The molecule has 1 N–H and O–H groups in total. The fraction of sp³-hybridized carbons (Fsp3) is 0.444. The number of para-hydroxylation sites is 2. The fourth-order valence-electron chi connectivity index (χ4n) is 2.63. The highest BCUT2D eigenvalue weighted by atomic mass is 16.5. The van der Waals surface area contributed by atoms with Gasteiger partial charge < -0.3 is 14.2 Å². The Kier molecular flexibility index (Phi) is 5.29. The predicted molar refractivity (Wildman–Crippen MR) is 89.6 cm³/mol. The smallest absolute Gasteiger partial charge is 0.294 e. The molecular weight excluding hydrogens is 290 g/mol. The fourth-order valence-corrected chi connectivity index (χ4v) is 2.63. The lowest BCUT2D eigenvalue weighted by Crippen LogP contribution is -1.98. The Morgan fingerprint density at radius 3 is 2.74 bits per heavy atom. The van der Waals surface area contributed by atoms with Gasteiger partial charge in [0.1, 0.15) is 5.76 Å². The van der Waals surface area contributed by atoms with E-state index >= 15 is 0 Å². The van der Waals surface area contributed by atoms with Crippen LogP contribution in [0.4, 0.5) is 0 Å². The van der Waals surface area contributed by atoms with E-state index < -0.39 is 0 Å². The number of aromatic nitrogens is 3. The molecule has 0 radical (unpaired) electrons. The van der Waals surface area contributed by atoms with Crippen molar-refractivity contribution in [3.63, 3.8) is 0 Å². The van der Waals surface area contributed by atoms with Gasteiger partial charge in [0.25, 0.3) is 6.01 Å². The molecule has 3 aromatic rings. The molecule has 0 saturated heterocycles. The molecule has 2 heterocycles. The number of nitrogens with one attached hydrogen (secondary N) is 1. The number of imidazole rings is 1. The zero-order valence-electron chi connectivity index (χ0n) is 13.5. The van der Waals surface area contributed by atoms with E-state index in [1.807, 2.05) is 37.3 Å². The summed E-state index contributed by atoms with van der Waals surface area (Å²) in [6.07, 6.45) is 6.80. The average Bonchev–Trinajstić information content (AvgIpc) is 3.15. The highest BCUT2D eigenvalue weighted by Gasteiger charge is 2.03. The van der Waals surface area contributed by atoms with Crippen LogP contribution in [0.25, 0.3) is 11.0 Å². The van der Waals surface area contributed by atoms with Crippen molar-refractivity contribution in [2.75, 3.05) is 6.61 Å². The largest absolute Gasteiger partial charge is 0.465 e. The van der Waals surface area contributed by atoms with Gasteiger partial charge >= 0.3 is 0 Å². The molecule has 5 nitrogen and oxygen atoms in total. The van der Waals surface area contributed by atoms with Gasteiger partial charge in [-0.15, -0.1) is 0 Å². The first-order chi connectivity index (χ1) is 11.3. The molecule has 23 heavy (non-hydrogen) atoms. The molecule has 0 aliphatic rings. The number of benzene rings is 1. The van der Waals surface area contributed by atoms with Crippen molar-refractivity contribution in [1.82, 2.24) is 15.1 Å². The molecule has 0 aliphatic heterocycles. The Bertz CT molecular complexity index is 700. The number of nitrogens with zero attached hydrogens (tertiary/aromatic N) is 2. The molecule has 5 heteroatoms. The molecule has 1 aromatic carbocycles. The molecule has 122 valence electrons. The maximum Gasteiger partial charge on any atom is 0.294 e. The lowest BCUT2D eigenvalue weighted by Gasteiger charge is -2.02. The van der Waals surface area contributed by atoms with Crippen LogP contribution in [0, 0.1) is 6.92 Å². The maximum absolute atomic E-state index is 5.68. The number of ether oxygens (including phenoxy) is 1. The lowest BCUT2D eigenvalue weighted by molar-refractivity contribution is 0.285. The second-order valence-electron chi connectivity index (χ2n) is 5.86. The number of hydrogen-bond donors (Lipinski definition) is 1. The molecule has 0 bridgehead atoms. The van der Waals surface area contributed by atoms with Crippen LogP contribution in [0.5, 0.6) is 6.01 Å². The summed E-state index contributed by atoms with van der Waals surface area (Å²) in [5.41, 5.74) is 2.93. The van der Waals surface area contributed by atoms with Crippen LogP contribution >= 0.6 is 0 Å². The Morgan fingerprint density at radius 2 is 1.91 bits per heavy atom. The third-order valence-corrected chi connectivity index (χ3v) is 3.85. The molecule has 0 aliphatic carbocycles. The SMILES string of the molecule is Cc1cc(CCCCCCCOc2nc3ccccc3[nH]2)on1. The van der Waals surface area contributed by atoms with Crippen LogP contribution in [0.15, 0.2) is 34.9 Å². The third kappa shape index (κ3) is 4.58. The van der Waals surface area contributed by atoms with Gasteiger partial charge in [-0.25, -0.2) is 0 Å². The second-order valence-corrected chi connectivity index (χ2v) is 5.86. The van der Waals surface area contributed by atoms with Crippen molar-refractivity contribution >= 4 is 11.0 Å². The van der Waals surface area contributed by atoms with Crippen LogP contribution < -0.4 is 4.74 Å². The van der Waals surface area contributed by atoms with Crippen molar-refractivity contribution in [3.05, 3.63) is 41.8 Å². The summed E-state index contributed by atoms with van der Waals surface area (Å²) in [5.74, 6) is 0.996. The molecule has 0 spiro atoms. The van der Waals surface area contributed by atoms with E-state index in [-0.39, 0.29) is 0 Å².